The molecule has 0 heterocycles. The minimum Gasteiger partial charge on any atom is -0.274 e. The maximum Gasteiger partial charge on any atom is 0.130 e. The smallest absolute Gasteiger partial charge is 0.130 e. The highest BCUT2D eigenvalue weighted by molar-refractivity contribution is 6.69. The Morgan fingerprint density at radius 1 is 1.67 bits per heavy atom. The number of hydrogen-bond donors (Lipinski definition) is 0. The second-order valence-electron chi connectivity index (χ2n) is 1.41. The van der Waals surface area contributed by atoms with Crippen LogP contribution < -0.4 is 0 Å². The normalized spacial score (nSPS) is 13.7. The van der Waals surface area contributed by atoms with E-state index in [2.05, 4.69) is 16.6 Å². The van der Waals surface area contributed by atoms with Gasteiger partial charge in [-0.25, -0.2) is 4.99 Å². The van der Waals surface area contributed by atoms with Crippen molar-refractivity contribution in [3.8, 4) is 0 Å². The Kier molecular flexibility index (Phi) is 3.97. The van der Waals surface area contributed by atoms with Crippen molar-refractivity contribution >= 4 is 22.6 Å². The quantitative estimate of drug-likeness (QED) is 0.397. The molecule has 0 spiro atoms. The maximum atomic E-state index is 5.49. The topological polar surface area (TPSA) is 24.7 Å². The van der Waals surface area contributed by atoms with Crippen LogP contribution in [0.15, 0.2) is 22.6 Å². The summed E-state index contributed by atoms with van der Waals surface area (Å²) in [5, 5.41) is 0.373. The predicted octanol–water partition coefficient (Wildman–Crippen LogP) is 1.86. The Hall–Kier alpha value is -0.630. The van der Waals surface area contributed by atoms with Crippen molar-refractivity contribution in [3.63, 3.8) is 0 Å². The SMILES string of the molecule is C=CC(Cl)=NC(C)=NC. The van der Waals surface area contributed by atoms with Gasteiger partial charge < -0.3 is 0 Å². The Morgan fingerprint density at radius 2 is 2.22 bits per heavy atom. The number of nitrogens with zero attached hydrogens (tertiary/aromatic N) is 2. The van der Waals surface area contributed by atoms with Gasteiger partial charge in [-0.1, -0.05) is 18.2 Å². The summed E-state index contributed by atoms with van der Waals surface area (Å²) in [5.74, 6) is 0.653. The first-order valence-corrected chi connectivity index (χ1v) is 2.88. The Bertz CT molecular complexity index is 158. The second-order valence-corrected chi connectivity index (χ2v) is 1.80. The number of allylic oxidation sites excluding steroid dienone is 1. The van der Waals surface area contributed by atoms with Crippen LogP contribution in [0, 0.1) is 0 Å². The van der Waals surface area contributed by atoms with Gasteiger partial charge in [-0.3, -0.25) is 4.99 Å². The lowest BCUT2D eigenvalue weighted by Gasteiger charge is -1.87. The van der Waals surface area contributed by atoms with Crippen molar-refractivity contribution < 1.29 is 0 Å². The van der Waals surface area contributed by atoms with Gasteiger partial charge in [0.25, 0.3) is 0 Å². The zero-order valence-electron chi connectivity index (χ0n) is 5.56. The van der Waals surface area contributed by atoms with Crippen molar-refractivity contribution in [1.82, 2.24) is 0 Å². The molecule has 50 valence electrons. The molecule has 0 saturated heterocycles. The molecule has 0 saturated carbocycles. The van der Waals surface area contributed by atoms with E-state index in [0.717, 1.165) is 0 Å². The largest absolute Gasteiger partial charge is 0.274 e. The molecule has 0 aliphatic rings. The second kappa shape index (κ2) is 4.27. The fraction of sp³-hybridized carbons (Fsp3) is 0.333. The molecule has 0 aliphatic carbocycles. The summed E-state index contributed by atoms with van der Waals surface area (Å²) in [4.78, 5) is 7.60. The molecular weight excluding hydrogens is 136 g/mol. The van der Waals surface area contributed by atoms with Crippen molar-refractivity contribution in [2.24, 2.45) is 9.98 Å². The molecule has 0 atom stereocenters. The first kappa shape index (κ1) is 8.37. The maximum absolute atomic E-state index is 5.49. The van der Waals surface area contributed by atoms with Crippen LogP contribution in [0.1, 0.15) is 6.92 Å². The van der Waals surface area contributed by atoms with Crippen LogP contribution in [0.2, 0.25) is 0 Å². The third-order valence-corrected chi connectivity index (χ3v) is 0.999. The van der Waals surface area contributed by atoms with Gasteiger partial charge in [-0.05, 0) is 13.0 Å². The number of halogens is 1. The van der Waals surface area contributed by atoms with Gasteiger partial charge >= 0.3 is 0 Å². The zero-order valence-corrected chi connectivity index (χ0v) is 6.31. The van der Waals surface area contributed by atoms with E-state index in [4.69, 9.17) is 11.6 Å². The lowest BCUT2D eigenvalue weighted by molar-refractivity contribution is 1.38. The molecule has 0 rings (SSSR count). The molecule has 0 bridgehead atoms. The molecule has 0 aromatic heterocycles. The molecule has 2 nitrogen and oxygen atoms in total. The van der Waals surface area contributed by atoms with Crippen LogP contribution in [0.4, 0.5) is 0 Å². The number of amidine groups is 1. The summed E-state index contributed by atoms with van der Waals surface area (Å²) in [6.45, 7) is 5.20. The molecule has 0 fully saturated rings. The van der Waals surface area contributed by atoms with E-state index in [9.17, 15) is 0 Å². The minimum absolute atomic E-state index is 0.373. The molecule has 0 N–H and O–H groups in total. The van der Waals surface area contributed by atoms with Crippen molar-refractivity contribution in [3.05, 3.63) is 12.7 Å². The predicted molar refractivity (Wildman–Crippen MR) is 42.5 cm³/mol. The van der Waals surface area contributed by atoms with Gasteiger partial charge in [0, 0.05) is 7.05 Å². The van der Waals surface area contributed by atoms with Crippen LogP contribution in [-0.4, -0.2) is 18.1 Å². The summed E-state index contributed by atoms with van der Waals surface area (Å²) in [6, 6.07) is 0. The number of hydrogen-bond acceptors (Lipinski definition) is 1. The molecule has 0 radical (unpaired) electrons. The van der Waals surface area contributed by atoms with E-state index >= 15 is 0 Å². The van der Waals surface area contributed by atoms with Gasteiger partial charge in [0.1, 0.15) is 11.0 Å². The van der Waals surface area contributed by atoms with E-state index in [-0.39, 0.29) is 0 Å². The highest BCUT2D eigenvalue weighted by Gasteiger charge is 1.84. The highest BCUT2D eigenvalue weighted by Crippen LogP contribution is 1.88. The van der Waals surface area contributed by atoms with Crippen molar-refractivity contribution in [2.45, 2.75) is 6.92 Å². The average molecular weight is 145 g/mol. The summed E-state index contributed by atoms with van der Waals surface area (Å²) in [7, 11) is 1.66. The van der Waals surface area contributed by atoms with E-state index in [1.165, 1.54) is 6.08 Å². The first-order valence-electron chi connectivity index (χ1n) is 2.50. The van der Waals surface area contributed by atoms with Gasteiger partial charge in [-0.2, -0.15) is 0 Å². The molecule has 0 aliphatic heterocycles. The lowest BCUT2D eigenvalue weighted by Crippen LogP contribution is -1.88. The van der Waals surface area contributed by atoms with E-state index in [1.54, 1.807) is 14.0 Å². The van der Waals surface area contributed by atoms with Gasteiger partial charge in [-0.15, -0.1) is 0 Å². The van der Waals surface area contributed by atoms with Crippen LogP contribution in [0.5, 0.6) is 0 Å². The summed E-state index contributed by atoms with van der Waals surface area (Å²) in [5.41, 5.74) is 0. The zero-order chi connectivity index (χ0) is 7.28. The van der Waals surface area contributed by atoms with Crippen LogP contribution in [-0.2, 0) is 0 Å². The molecular formula is C6H9ClN2. The van der Waals surface area contributed by atoms with Crippen molar-refractivity contribution in [2.75, 3.05) is 7.05 Å². The molecule has 0 unspecified atom stereocenters. The fourth-order valence-electron chi connectivity index (χ4n) is 0.250. The third-order valence-electron chi connectivity index (χ3n) is 0.761. The summed E-state index contributed by atoms with van der Waals surface area (Å²) < 4.78 is 0. The van der Waals surface area contributed by atoms with E-state index in [0.29, 0.717) is 11.0 Å². The fourth-order valence-corrected chi connectivity index (χ4v) is 0.373. The lowest BCUT2D eigenvalue weighted by atomic mass is 10.6. The molecule has 0 aromatic carbocycles. The van der Waals surface area contributed by atoms with Crippen LogP contribution >= 0.6 is 11.6 Å². The highest BCUT2D eigenvalue weighted by atomic mass is 35.5. The van der Waals surface area contributed by atoms with Crippen molar-refractivity contribution in [1.29, 1.82) is 0 Å². The minimum atomic E-state index is 0.373. The van der Waals surface area contributed by atoms with Gasteiger partial charge in [0.05, 0.1) is 0 Å². The molecule has 0 aromatic rings. The van der Waals surface area contributed by atoms with E-state index in [1.807, 2.05) is 0 Å². The summed E-state index contributed by atoms with van der Waals surface area (Å²) >= 11 is 5.49. The van der Waals surface area contributed by atoms with Gasteiger partial charge in [0.2, 0.25) is 0 Å². The van der Waals surface area contributed by atoms with E-state index < -0.39 is 0 Å². The van der Waals surface area contributed by atoms with Crippen LogP contribution in [0.3, 0.4) is 0 Å². The van der Waals surface area contributed by atoms with Gasteiger partial charge in [0.15, 0.2) is 0 Å². The standard InChI is InChI=1S/C6H9ClN2/c1-4-6(7)9-5(2)8-3/h4H,1H2,2-3H3. The Balaban J connectivity index is 4.11. The average Bonchev–Trinajstić information content (AvgIpc) is 1.87. The number of aliphatic imine (C=N–C) groups is 2. The monoisotopic (exact) mass is 144 g/mol. The van der Waals surface area contributed by atoms with Crippen LogP contribution in [0.25, 0.3) is 0 Å². The Morgan fingerprint density at radius 3 is 2.56 bits per heavy atom. The molecule has 9 heavy (non-hydrogen) atoms. The number of rotatable bonds is 1. The molecule has 3 heteroatoms. The molecule has 0 amide bonds. The third kappa shape index (κ3) is 3.91. The first-order chi connectivity index (χ1) is 4.20. The Labute approximate surface area is 60.0 Å². The summed E-state index contributed by atoms with van der Waals surface area (Å²) in [6.07, 6.45) is 1.47.